The molecule has 1 atom stereocenters. The molecule has 0 saturated carbocycles. The molecule has 1 aromatic carbocycles. The van der Waals surface area contributed by atoms with Crippen LogP contribution in [0.5, 0.6) is 11.5 Å². The van der Waals surface area contributed by atoms with E-state index >= 15 is 0 Å². The summed E-state index contributed by atoms with van der Waals surface area (Å²) >= 11 is 0. The van der Waals surface area contributed by atoms with Crippen LogP contribution in [0.25, 0.3) is 5.78 Å². The van der Waals surface area contributed by atoms with Crippen LogP contribution in [0.1, 0.15) is 46.5 Å². The van der Waals surface area contributed by atoms with Gasteiger partial charge in [0, 0.05) is 29.6 Å². The maximum absolute atomic E-state index is 13.2. The van der Waals surface area contributed by atoms with Crippen molar-refractivity contribution in [3.63, 3.8) is 0 Å². The van der Waals surface area contributed by atoms with Crippen LogP contribution in [0.15, 0.2) is 24.3 Å². The Hall–Kier alpha value is -3.16. The van der Waals surface area contributed by atoms with E-state index in [9.17, 15) is 4.79 Å². The summed E-state index contributed by atoms with van der Waals surface area (Å²) in [6.07, 6.45) is 1.77. The van der Waals surface area contributed by atoms with E-state index in [1.807, 2.05) is 43.0 Å². The second-order valence-corrected chi connectivity index (χ2v) is 6.95. The quantitative estimate of drug-likeness (QED) is 0.691. The number of amides is 1. The fourth-order valence-corrected chi connectivity index (χ4v) is 3.81. The number of rotatable bonds is 4. The summed E-state index contributed by atoms with van der Waals surface area (Å²) in [6, 6.07) is 7.51. The van der Waals surface area contributed by atoms with Gasteiger partial charge in [-0.25, -0.2) is 9.50 Å². The fourth-order valence-electron chi connectivity index (χ4n) is 3.81. The number of benzene rings is 1. The maximum atomic E-state index is 13.2. The Labute approximate surface area is 163 Å². The third-order valence-corrected chi connectivity index (χ3v) is 5.12. The van der Waals surface area contributed by atoms with Crippen LogP contribution in [0, 0.1) is 13.8 Å². The number of ether oxygens (including phenoxy) is 2. The topological polar surface area (TPSA) is 81.9 Å². The molecule has 0 N–H and O–H groups in total. The molecule has 0 aliphatic carbocycles. The van der Waals surface area contributed by atoms with Gasteiger partial charge in [0.2, 0.25) is 5.82 Å². The normalized spacial score (nSPS) is 16.6. The molecule has 3 aromatic rings. The highest BCUT2D eigenvalue weighted by Gasteiger charge is 2.34. The van der Waals surface area contributed by atoms with E-state index in [1.54, 1.807) is 18.7 Å². The molecule has 1 saturated heterocycles. The summed E-state index contributed by atoms with van der Waals surface area (Å²) in [5.41, 5.74) is 2.70. The first-order valence-corrected chi connectivity index (χ1v) is 9.25. The summed E-state index contributed by atoms with van der Waals surface area (Å²) < 4.78 is 12.4. The number of aryl methyl sites for hydroxylation is 2. The molecule has 1 amide bonds. The Morgan fingerprint density at radius 3 is 2.71 bits per heavy atom. The van der Waals surface area contributed by atoms with Crippen LogP contribution < -0.4 is 9.47 Å². The van der Waals surface area contributed by atoms with Crippen molar-refractivity contribution in [1.29, 1.82) is 0 Å². The molecule has 8 nitrogen and oxygen atoms in total. The molecule has 0 radical (unpaired) electrons. The van der Waals surface area contributed by atoms with Crippen molar-refractivity contribution in [3.05, 3.63) is 47.0 Å². The summed E-state index contributed by atoms with van der Waals surface area (Å²) in [6.45, 7) is 4.47. The molecule has 28 heavy (non-hydrogen) atoms. The second kappa shape index (κ2) is 7.10. The Morgan fingerprint density at radius 1 is 1.14 bits per heavy atom. The number of methoxy groups -OCH3 is 2. The van der Waals surface area contributed by atoms with E-state index in [0.29, 0.717) is 18.1 Å². The molecule has 8 heteroatoms. The van der Waals surface area contributed by atoms with Gasteiger partial charge in [0.15, 0.2) is 0 Å². The van der Waals surface area contributed by atoms with Crippen molar-refractivity contribution in [1.82, 2.24) is 24.5 Å². The van der Waals surface area contributed by atoms with Crippen LogP contribution in [0.3, 0.4) is 0 Å². The van der Waals surface area contributed by atoms with E-state index < -0.39 is 0 Å². The standard InChI is InChI=1S/C20H23N5O3/c1-12-10-13(2)25-20(21-12)22-18(23-25)19(26)24-9-5-6-16(24)15-8-7-14(27-3)11-17(15)28-4/h7-8,10-11,16H,5-6,9H2,1-4H3. The lowest BCUT2D eigenvalue weighted by molar-refractivity contribution is 0.0722. The van der Waals surface area contributed by atoms with E-state index in [-0.39, 0.29) is 17.8 Å². The van der Waals surface area contributed by atoms with Gasteiger partial charge in [-0.05, 0) is 44.9 Å². The molecule has 0 spiro atoms. The smallest absolute Gasteiger partial charge is 0.294 e. The molecule has 1 aliphatic heterocycles. The van der Waals surface area contributed by atoms with Crippen molar-refractivity contribution in [2.45, 2.75) is 32.7 Å². The van der Waals surface area contributed by atoms with Crippen molar-refractivity contribution in [2.75, 3.05) is 20.8 Å². The highest BCUT2D eigenvalue weighted by molar-refractivity contribution is 5.91. The number of hydrogen-bond donors (Lipinski definition) is 0. The first-order valence-electron chi connectivity index (χ1n) is 9.25. The number of aromatic nitrogens is 4. The lowest BCUT2D eigenvalue weighted by Gasteiger charge is -2.25. The van der Waals surface area contributed by atoms with Gasteiger partial charge in [0.1, 0.15) is 11.5 Å². The molecule has 1 aliphatic rings. The lowest BCUT2D eigenvalue weighted by atomic mass is 10.0. The first-order chi connectivity index (χ1) is 13.5. The summed E-state index contributed by atoms with van der Waals surface area (Å²) in [5, 5.41) is 4.40. The van der Waals surface area contributed by atoms with Crippen molar-refractivity contribution >= 4 is 11.7 Å². The van der Waals surface area contributed by atoms with Gasteiger partial charge in [-0.3, -0.25) is 4.79 Å². The Balaban J connectivity index is 1.69. The Morgan fingerprint density at radius 2 is 1.96 bits per heavy atom. The van der Waals surface area contributed by atoms with Crippen LogP contribution in [0.4, 0.5) is 0 Å². The van der Waals surface area contributed by atoms with Crippen molar-refractivity contribution in [2.24, 2.45) is 0 Å². The van der Waals surface area contributed by atoms with Gasteiger partial charge in [0.25, 0.3) is 11.7 Å². The predicted octanol–water partition coefficient (Wildman–Crippen LogP) is 2.74. The highest BCUT2D eigenvalue weighted by Crippen LogP contribution is 2.39. The number of nitrogens with zero attached hydrogens (tertiary/aromatic N) is 5. The van der Waals surface area contributed by atoms with Crippen LogP contribution in [-0.2, 0) is 0 Å². The zero-order valence-electron chi connectivity index (χ0n) is 16.5. The van der Waals surface area contributed by atoms with Gasteiger partial charge in [0.05, 0.1) is 20.3 Å². The van der Waals surface area contributed by atoms with Gasteiger partial charge in [-0.2, -0.15) is 4.98 Å². The third-order valence-electron chi connectivity index (χ3n) is 5.12. The van der Waals surface area contributed by atoms with Gasteiger partial charge in [-0.1, -0.05) is 0 Å². The average Bonchev–Trinajstić information content (AvgIpc) is 3.34. The third kappa shape index (κ3) is 3.04. The fraction of sp³-hybridized carbons (Fsp3) is 0.400. The molecular formula is C20H23N5O3. The largest absolute Gasteiger partial charge is 0.497 e. The SMILES string of the molecule is COc1ccc(C2CCCN2C(=O)c2nc3nc(C)cc(C)n3n2)c(OC)c1. The number of likely N-dealkylation sites (tertiary alicyclic amines) is 1. The predicted molar refractivity (Wildman–Crippen MR) is 103 cm³/mol. The zero-order valence-corrected chi connectivity index (χ0v) is 16.5. The van der Waals surface area contributed by atoms with Crippen LogP contribution >= 0.6 is 0 Å². The van der Waals surface area contributed by atoms with E-state index in [1.165, 1.54) is 0 Å². The number of carbonyl (C=O) groups is 1. The van der Waals surface area contributed by atoms with E-state index in [0.717, 1.165) is 35.5 Å². The van der Waals surface area contributed by atoms with Gasteiger partial charge in [-0.15, -0.1) is 5.10 Å². The number of carbonyl (C=O) groups excluding carboxylic acids is 1. The second-order valence-electron chi connectivity index (χ2n) is 6.95. The maximum Gasteiger partial charge on any atom is 0.294 e. The van der Waals surface area contributed by atoms with Crippen LogP contribution in [-0.4, -0.2) is 51.2 Å². The lowest BCUT2D eigenvalue weighted by Crippen LogP contribution is -2.31. The number of hydrogen-bond acceptors (Lipinski definition) is 6. The van der Waals surface area contributed by atoms with Crippen molar-refractivity contribution in [3.8, 4) is 11.5 Å². The number of fused-ring (bicyclic) bond motifs is 1. The molecule has 3 heterocycles. The zero-order chi connectivity index (χ0) is 19.8. The molecule has 146 valence electrons. The summed E-state index contributed by atoms with van der Waals surface area (Å²) in [5.74, 6) is 1.85. The van der Waals surface area contributed by atoms with Gasteiger partial charge >= 0.3 is 0 Å². The molecule has 0 bridgehead atoms. The van der Waals surface area contributed by atoms with Gasteiger partial charge < -0.3 is 14.4 Å². The summed E-state index contributed by atoms with van der Waals surface area (Å²) in [4.78, 5) is 23.8. The Bertz CT molecular complexity index is 1050. The minimum atomic E-state index is -0.192. The molecule has 2 aromatic heterocycles. The minimum absolute atomic E-state index is 0.0873. The molecule has 1 fully saturated rings. The van der Waals surface area contributed by atoms with E-state index in [4.69, 9.17) is 9.47 Å². The molecular weight excluding hydrogens is 358 g/mol. The monoisotopic (exact) mass is 381 g/mol. The Kier molecular flexibility index (Phi) is 4.62. The van der Waals surface area contributed by atoms with Crippen molar-refractivity contribution < 1.29 is 14.3 Å². The average molecular weight is 381 g/mol. The van der Waals surface area contributed by atoms with Crippen LogP contribution in [0.2, 0.25) is 0 Å². The van der Waals surface area contributed by atoms with E-state index in [2.05, 4.69) is 15.1 Å². The summed E-state index contributed by atoms with van der Waals surface area (Å²) in [7, 11) is 3.24. The molecule has 4 rings (SSSR count). The minimum Gasteiger partial charge on any atom is -0.497 e. The molecule has 1 unspecified atom stereocenters. The highest BCUT2D eigenvalue weighted by atomic mass is 16.5. The first kappa shape index (κ1) is 18.2.